The van der Waals surface area contributed by atoms with E-state index >= 15 is 0 Å². The minimum absolute atomic E-state index is 0.768. The fourth-order valence-electron chi connectivity index (χ4n) is 1.07. The summed E-state index contributed by atoms with van der Waals surface area (Å²) in [5, 5.41) is 18.6. The van der Waals surface area contributed by atoms with Gasteiger partial charge in [0.15, 0.2) is 0 Å². The second-order valence-electron chi connectivity index (χ2n) is 4.03. The van der Waals surface area contributed by atoms with Crippen LogP contribution in [0.1, 0.15) is 26.7 Å². The number of carboxylic acid groups (broad SMARTS) is 1. The third-order valence-electron chi connectivity index (χ3n) is 1.83. The number of hydrogen-bond acceptors (Lipinski definition) is 5. The van der Waals surface area contributed by atoms with E-state index in [4.69, 9.17) is 5.11 Å². The van der Waals surface area contributed by atoms with Crippen molar-refractivity contribution in [2.24, 2.45) is 10.9 Å². The Morgan fingerprint density at radius 1 is 1.67 bits per heavy atom. The summed E-state index contributed by atoms with van der Waals surface area (Å²) in [6.07, 6.45) is 2.46. The topological polar surface area (TPSA) is 92.8 Å². The number of aliphatic imine (C=N–C) groups is 1. The van der Waals surface area contributed by atoms with Crippen molar-refractivity contribution in [1.82, 2.24) is 0 Å². The van der Waals surface area contributed by atoms with Gasteiger partial charge in [0.1, 0.15) is 0 Å². The van der Waals surface area contributed by atoms with Crippen molar-refractivity contribution in [1.29, 1.82) is 0 Å². The number of carbonyl (C=O) groups is 1. The molecular formula is C10H17ClN2O4S. The average Bonchev–Trinajstić information content (AvgIpc) is 2.29. The van der Waals surface area contributed by atoms with Crippen molar-refractivity contribution in [3.05, 3.63) is 10.1 Å². The number of rotatable bonds is 4. The van der Waals surface area contributed by atoms with Crippen LogP contribution < -0.4 is 0 Å². The molecule has 0 spiro atoms. The first-order chi connectivity index (χ1) is 8.34. The maximum Gasteiger partial charge on any atom is 0.396 e. The van der Waals surface area contributed by atoms with Crippen LogP contribution in [-0.4, -0.2) is 38.8 Å². The number of nitrogens with zero attached hydrogens (tertiary/aromatic N) is 2. The molecule has 0 saturated carbocycles. The maximum atomic E-state index is 9.57. The van der Waals surface area contributed by atoms with Crippen LogP contribution in [0.25, 0.3) is 0 Å². The molecule has 104 valence electrons. The van der Waals surface area contributed by atoms with E-state index < -0.39 is 16.4 Å². The molecule has 1 atom stereocenters. The van der Waals surface area contributed by atoms with Crippen LogP contribution in [0, 0.1) is 16.0 Å². The molecule has 18 heavy (non-hydrogen) atoms. The normalized spacial score (nSPS) is 16.3. The summed E-state index contributed by atoms with van der Waals surface area (Å²) in [6, 6.07) is 0. The van der Waals surface area contributed by atoms with Gasteiger partial charge in [0.2, 0.25) is 0 Å². The fourth-order valence-corrected chi connectivity index (χ4v) is 2.21. The number of alkyl halides is 1. The lowest BCUT2D eigenvalue weighted by Gasteiger charge is -2.12. The molecule has 1 aliphatic rings. The molecule has 0 aromatic heterocycles. The zero-order chi connectivity index (χ0) is 14.1. The van der Waals surface area contributed by atoms with E-state index in [2.05, 4.69) is 30.4 Å². The van der Waals surface area contributed by atoms with Gasteiger partial charge in [-0.25, -0.2) is 4.79 Å². The quantitative estimate of drug-likeness (QED) is 0.372. The van der Waals surface area contributed by atoms with Gasteiger partial charge in [-0.2, -0.15) is 0 Å². The third kappa shape index (κ3) is 8.30. The van der Waals surface area contributed by atoms with E-state index in [1.165, 1.54) is 23.6 Å². The summed E-state index contributed by atoms with van der Waals surface area (Å²) in [6.45, 7) is 5.56. The molecular weight excluding hydrogens is 280 g/mol. The predicted molar refractivity (Wildman–Crippen MR) is 73.1 cm³/mol. The molecule has 1 aliphatic heterocycles. The predicted octanol–water partition coefficient (Wildman–Crippen LogP) is 2.48. The van der Waals surface area contributed by atoms with Gasteiger partial charge in [-0.05, 0) is 30.4 Å². The Balaban J connectivity index is 0.000000331. The van der Waals surface area contributed by atoms with Crippen molar-refractivity contribution >= 4 is 34.4 Å². The molecule has 1 heterocycles. The summed E-state index contributed by atoms with van der Waals surface area (Å²) in [4.78, 5) is 22.4. The molecule has 0 saturated heterocycles. The Hall–Kier alpha value is -0.820. The molecule has 1 rings (SSSR count). The molecule has 8 heteroatoms. The van der Waals surface area contributed by atoms with Gasteiger partial charge in [0, 0.05) is 12.3 Å². The Morgan fingerprint density at radius 3 is 2.56 bits per heavy atom. The fraction of sp³-hybridized carbons (Fsp3) is 0.800. The highest BCUT2D eigenvalue weighted by Crippen LogP contribution is 2.17. The number of halogens is 1. The number of thioether (sulfide) groups is 1. The molecule has 1 N–H and O–H groups in total. The lowest BCUT2D eigenvalue weighted by Crippen LogP contribution is -2.22. The summed E-state index contributed by atoms with van der Waals surface area (Å²) >= 11 is 6.59. The lowest BCUT2D eigenvalue weighted by atomic mass is 10.1. The lowest BCUT2D eigenvalue weighted by molar-refractivity contribution is -0.487. The van der Waals surface area contributed by atoms with Gasteiger partial charge in [-0.1, -0.05) is 13.8 Å². The van der Waals surface area contributed by atoms with E-state index in [0.717, 1.165) is 12.5 Å². The van der Waals surface area contributed by atoms with Gasteiger partial charge in [-0.3, -0.25) is 15.1 Å². The monoisotopic (exact) mass is 296 g/mol. The van der Waals surface area contributed by atoms with Crippen LogP contribution in [0.5, 0.6) is 0 Å². The first-order valence-electron chi connectivity index (χ1n) is 5.51. The largest absolute Gasteiger partial charge is 0.475 e. The van der Waals surface area contributed by atoms with Crippen molar-refractivity contribution in [3.8, 4) is 0 Å². The van der Waals surface area contributed by atoms with E-state index in [1.807, 2.05) is 11.8 Å². The average molecular weight is 297 g/mol. The number of nitro groups is 1. The number of hydrogen-bond donors (Lipinski definition) is 1. The van der Waals surface area contributed by atoms with Gasteiger partial charge >= 0.3 is 11.5 Å². The molecule has 1 unspecified atom stereocenters. The highest BCUT2D eigenvalue weighted by molar-refractivity contribution is 8.14. The molecule has 6 nitrogen and oxygen atoms in total. The van der Waals surface area contributed by atoms with Crippen LogP contribution in [0.15, 0.2) is 4.99 Å². The summed E-state index contributed by atoms with van der Waals surface area (Å²) in [5.41, 5.74) is -2.02. The van der Waals surface area contributed by atoms with Gasteiger partial charge in [0.05, 0.1) is 9.97 Å². The molecule has 0 aromatic carbocycles. The SMILES string of the molecule is CC(C)CC1=NCCCS1.O=C(O)C(Cl)[N+](=O)[O-]. The van der Waals surface area contributed by atoms with Crippen LogP contribution in [-0.2, 0) is 4.79 Å². The van der Waals surface area contributed by atoms with Gasteiger partial charge < -0.3 is 5.11 Å². The van der Waals surface area contributed by atoms with Gasteiger partial charge in [0.25, 0.3) is 0 Å². The van der Waals surface area contributed by atoms with Crippen LogP contribution >= 0.6 is 23.4 Å². The Bertz CT molecular complexity index is 309. The third-order valence-corrected chi connectivity index (χ3v) is 3.30. The van der Waals surface area contributed by atoms with Crippen molar-refractivity contribution in [2.75, 3.05) is 12.3 Å². The van der Waals surface area contributed by atoms with E-state index in [1.54, 1.807) is 0 Å². The van der Waals surface area contributed by atoms with E-state index in [9.17, 15) is 14.9 Å². The maximum absolute atomic E-state index is 9.57. The molecule has 0 aliphatic carbocycles. The molecule has 0 amide bonds. The molecule has 0 fully saturated rings. The smallest absolute Gasteiger partial charge is 0.396 e. The van der Waals surface area contributed by atoms with Crippen molar-refractivity contribution < 1.29 is 14.8 Å². The highest BCUT2D eigenvalue weighted by atomic mass is 35.5. The Kier molecular flexibility index (Phi) is 8.74. The highest BCUT2D eigenvalue weighted by Gasteiger charge is 2.24. The standard InChI is InChI=1S/C8H15NS.C2H2ClNO4/c1-7(2)6-8-9-4-3-5-10-8;3-1(2(5)6)4(7)8/h7H,3-6H2,1-2H3;1H,(H,5,6). The zero-order valence-electron chi connectivity index (χ0n) is 10.3. The minimum atomic E-state index is -2.02. The second kappa shape index (κ2) is 9.16. The number of aliphatic carboxylic acids is 1. The van der Waals surface area contributed by atoms with Gasteiger partial charge in [-0.15, -0.1) is 11.8 Å². The molecule has 0 aromatic rings. The Morgan fingerprint density at radius 2 is 2.28 bits per heavy atom. The van der Waals surface area contributed by atoms with Crippen LogP contribution in [0.3, 0.4) is 0 Å². The number of carboxylic acids is 1. The Labute approximate surface area is 115 Å². The minimum Gasteiger partial charge on any atom is -0.475 e. The second-order valence-corrected chi connectivity index (χ2v) is 5.62. The van der Waals surface area contributed by atoms with E-state index in [0.29, 0.717) is 0 Å². The summed E-state index contributed by atoms with van der Waals surface area (Å²) in [7, 11) is 0. The molecule has 0 radical (unpaired) electrons. The summed E-state index contributed by atoms with van der Waals surface area (Å²) in [5.74, 6) is 0.409. The zero-order valence-corrected chi connectivity index (χ0v) is 11.9. The molecule has 0 bridgehead atoms. The van der Waals surface area contributed by atoms with Crippen molar-refractivity contribution in [2.45, 2.75) is 32.2 Å². The first kappa shape index (κ1) is 17.2. The van der Waals surface area contributed by atoms with Crippen LogP contribution in [0.4, 0.5) is 0 Å². The van der Waals surface area contributed by atoms with Crippen LogP contribution in [0.2, 0.25) is 0 Å². The first-order valence-corrected chi connectivity index (χ1v) is 6.93. The van der Waals surface area contributed by atoms with E-state index in [-0.39, 0.29) is 0 Å². The van der Waals surface area contributed by atoms with Crippen molar-refractivity contribution in [3.63, 3.8) is 0 Å². The summed E-state index contributed by atoms with van der Waals surface area (Å²) < 4.78 is 0.